The van der Waals surface area contributed by atoms with Gasteiger partial charge in [-0.1, -0.05) is 34.1 Å². The lowest BCUT2D eigenvalue weighted by Gasteiger charge is -2.22. The molecule has 0 aliphatic rings. The molecule has 0 spiro atoms. The van der Waals surface area contributed by atoms with Gasteiger partial charge in [0.25, 0.3) is 5.56 Å². The average molecular weight is 338 g/mol. The molecule has 0 saturated carbocycles. The highest BCUT2D eigenvalue weighted by Gasteiger charge is 2.11. The number of aromatic nitrogens is 2. The first-order valence-electron chi connectivity index (χ1n) is 6.13. The van der Waals surface area contributed by atoms with Gasteiger partial charge in [0.2, 0.25) is 0 Å². The molecule has 6 heteroatoms. The predicted octanol–water partition coefficient (Wildman–Crippen LogP) is 1.48. The topological polar surface area (TPSA) is 47.2 Å². The first-order chi connectivity index (χ1) is 9.41. The van der Waals surface area contributed by atoms with Gasteiger partial charge in [0, 0.05) is 38.2 Å². The Labute approximate surface area is 125 Å². The van der Waals surface area contributed by atoms with Crippen molar-refractivity contribution in [3.63, 3.8) is 0 Å². The summed E-state index contributed by atoms with van der Waals surface area (Å²) < 4.78 is 3.56. The summed E-state index contributed by atoms with van der Waals surface area (Å²) in [6.07, 6.45) is 0. The first-order valence-corrected chi connectivity index (χ1v) is 6.92. The molecular formula is C14H16BrN3O2. The highest BCUT2D eigenvalue weighted by Crippen LogP contribution is 2.19. The van der Waals surface area contributed by atoms with Crippen molar-refractivity contribution in [3.8, 4) is 0 Å². The predicted molar refractivity (Wildman–Crippen MR) is 83.2 cm³/mol. The molecule has 1 aromatic heterocycles. The minimum absolute atomic E-state index is 0.304. The molecular weight excluding hydrogens is 322 g/mol. The second-order valence-electron chi connectivity index (χ2n) is 4.69. The van der Waals surface area contributed by atoms with Gasteiger partial charge in [-0.05, 0) is 11.6 Å². The molecule has 0 saturated heterocycles. The van der Waals surface area contributed by atoms with Crippen molar-refractivity contribution in [3.05, 3.63) is 61.2 Å². The number of benzene rings is 1. The van der Waals surface area contributed by atoms with E-state index in [0.29, 0.717) is 12.4 Å². The normalized spacial score (nSPS) is 10.6. The Bertz CT molecular complexity index is 749. The van der Waals surface area contributed by atoms with E-state index in [1.165, 1.54) is 17.7 Å². The molecule has 0 fully saturated rings. The van der Waals surface area contributed by atoms with Gasteiger partial charge < -0.3 is 4.90 Å². The van der Waals surface area contributed by atoms with E-state index in [1.807, 2.05) is 36.2 Å². The van der Waals surface area contributed by atoms with Crippen LogP contribution in [0.1, 0.15) is 5.56 Å². The second kappa shape index (κ2) is 5.66. The maximum Gasteiger partial charge on any atom is 0.332 e. The third-order valence-corrected chi connectivity index (χ3v) is 4.03. The summed E-state index contributed by atoms with van der Waals surface area (Å²) in [5, 5.41) is 0. The van der Waals surface area contributed by atoms with Crippen LogP contribution in [0.4, 0.5) is 5.82 Å². The van der Waals surface area contributed by atoms with Crippen LogP contribution in [-0.4, -0.2) is 16.2 Å². The second-order valence-corrected chi connectivity index (χ2v) is 5.54. The summed E-state index contributed by atoms with van der Waals surface area (Å²) in [6, 6.07) is 9.34. The van der Waals surface area contributed by atoms with E-state index in [2.05, 4.69) is 15.9 Å². The number of hydrogen-bond donors (Lipinski definition) is 0. The average Bonchev–Trinajstić information content (AvgIpc) is 2.43. The van der Waals surface area contributed by atoms with Crippen molar-refractivity contribution < 1.29 is 0 Å². The van der Waals surface area contributed by atoms with Gasteiger partial charge in [0.1, 0.15) is 5.82 Å². The molecule has 0 unspecified atom stereocenters. The van der Waals surface area contributed by atoms with Gasteiger partial charge in [-0.15, -0.1) is 0 Å². The molecule has 0 amide bonds. The minimum atomic E-state index is -0.327. The number of anilines is 1. The van der Waals surface area contributed by atoms with Crippen molar-refractivity contribution >= 4 is 21.7 Å². The number of nitrogens with zero attached hydrogens (tertiary/aromatic N) is 3. The monoisotopic (exact) mass is 337 g/mol. The molecule has 106 valence electrons. The summed E-state index contributed by atoms with van der Waals surface area (Å²) in [6.45, 7) is 0.599. The first kappa shape index (κ1) is 14.6. The van der Waals surface area contributed by atoms with E-state index in [-0.39, 0.29) is 11.2 Å². The summed E-state index contributed by atoms with van der Waals surface area (Å²) in [4.78, 5) is 25.6. The van der Waals surface area contributed by atoms with E-state index in [9.17, 15) is 9.59 Å². The van der Waals surface area contributed by atoms with Crippen molar-refractivity contribution in [1.29, 1.82) is 0 Å². The van der Waals surface area contributed by atoms with Crippen LogP contribution in [0.5, 0.6) is 0 Å². The van der Waals surface area contributed by atoms with Crippen LogP contribution in [-0.2, 0) is 20.6 Å². The maximum atomic E-state index is 11.9. The highest BCUT2D eigenvalue weighted by molar-refractivity contribution is 9.10. The molecule has 0 atom stereocenters. The fourth-order valence-corrected chi connectivity index (χ4v) is 2.46. The van der Waals surface area contributed by atoms with Crippen molar-refractivity contribution in [2.24, 2.45) is 14.1 Å². The van der Waals surface area contributed by atoms with Gasteiger partial charge in [-0.2, -0.15) is 0 Å². The molecule has 2 rings (SSSR count). The summed E-state index contributed by atoms with van der Waals surface area (Å²) in [7, 11) is 4.99. The minimum Gasteiger partial charge on any atom is -0.356 e. The Morgan fingerprint density at radius 1 is 1.15 bits per heavy atom. The lowest BCUT2D eigenvalue weighted by Crippen LogP contribution is -2.39. The summed E-state index contributed by atoms with van der Waals surface area (Å²) >= 11 is 3.50. The molecule has 0 N–H and O–H groups in total. The van der Waals surface area contributed by atoms with Crippen molar-refractivity contribution in [1.82, 2.24) is 9.13 Å². The molecule has 1 aromatic carbocycles. The lowest BCUT2D eigenvalue weighted by molar-refractivity contribution is 0.670. The zero-order chi connectivity index (χ0) is 14.9. The third-order valence-electron chi connectivity index (χ3n) is 3.26. The Balaban J connectivity index is 2.40. The fraction of sp³-hybridized carbons (Fsp3) is 0.286. The van der Waals surface area contributed by atoms with Gasteiger partial charge >= 0.3 is 5.69 Å². The molecule has 20 heavy (non-hydrogen) atoms. The number of rotatable bonds is 3. The van der Waals surface area contributed by atoms with Crippen LogP contribution >= 0.6 is 15.9 Å². The number of hydrogen-bond acceptors (Lipinski definition) is 3. The summed E-state index contributed by atoms with van der Waals surface area (Å²) in [5.41, 5.74) is 0.455. The lowest BCUT2D eigenvalue weighted by atomic mass is 10.2. The maximum absolute atomic E-state index is 11.9. The number of halogens is 1. The highest BCUT2D eigenvalue weighted by atomic mass is 79.9. The molecule has 2 aromatic rings. The Morgan fingerprint density at radius 3 is 2.45 bits per heavy atom. The van der Waals surface area contributed by atoms with E-state index in [1.54, 1.807) is 7.05 Å². The SMILES string of the molecule is CN(Cc1ccccc1Br)c1cc(=O)n(C)c(=O)n1C. The van der Waals surface area contributed by atoms with Crippen LogP contribution in [0.15, 0.2) is 44.4 Å². The van der Waals surface area contributed by atoms with E-state index in [0.717, 1.165) is 14.6 Å². The van der Waals surface area contributed by atoms with Crippen LogP contribution in [0.25, 0.3) is 0 Å². The van der Waals surface area contributed by atoms with Gasteiger partial charge in [0.15, 0.2) is 0 Å². The molecule has 0 aliphatic carbocycles. The largest absolute Gasteiger partial charge is 0.356 e. The molecule has 1 heterocycles. The summed E-state index contributed by atoms with van der Waals surface area (Å²) in [5.74, 6) is 0.592. The van der Waals surface area contributed by atoms with Crippen LogP contribution in [0.3, 0.4) is 0 Å². The van der Waals surface area contributed by atoms with E-state index in [4.69, 9.17) is 0 Å². The fourth-order valence-electron chi connectivity index (χ4n) is 2.05. The molecule has 5 nitrogen and oxygen atoms in total. The smallest absolute Gasteiger partial charge is 0.332 e. The van der Waals surface area contributed by atoms with Crippen LogP contribution < -0.4 is 16.1 Å². The standard InChI is InChI=1S/C14H16BrN3O2/c1-16(9-10-6-4-5-7-11(10)15)12-8-13(19)18(3)14(20)17(12)2/h4-8H,9H2,1-3H3. The Morgan fingerprint density at radius 2 is 1.80 bits per heavy atom. The van der Waals surface area contributed by atoms with Crippen molar-refractivity contribution in [2.45, 2.75) is 6.54 Å². The zero-order valence-electron chi connectivity index (χ0n) is 11.6. The van der Waals surface area contributed by atoms with Crippen LogP contribution in [0, 0.1) is 0 Å². The van der Waals surface area contributed by atoms with Gasteiger partial charge in [-0.3, -0.25) is 13.9 Å². The van der Waals surface area contributed by atoms with E-state index >= 15 is 0 Å². The third kappa shape index (κ3) is 2.70. The Hall–Kier alpha value is -1.82. The molecule has 0 aliphatic heterocycles. The zero-order valence-corrected chi connectivity index (χ0v) is 13.2. The van der Waals surface area contributed by atoms with Crippen LogP contribution in [0.2, 0.25) is 0 Å². The Kier molecular flexibility index (Phi) is 4.13. The molecule has 0 radical (unpaired) electrons. The van der Waals surface area contributed by atoms with Gasteiger partial charge in [0.05, 0.1) is 0 Å². The quantitative estimate of drug-likeness (QED) is 0.852. The molecule has 0 bridgehead atoms. The van der Waals surface area contributed by atoms with Gasteiger partial charge in [-0.25, -0.2) is 4.79 Å². The van der Waals surface area contributed by atoms with Crippen molar-refractivity contribution in [2.75, 3.05) is 11.9 Å². The van der Waals surface area contributed by atoms with E-state index < -0.39 is 0 Å².